The van der Waals surface area contributed by atoms with Crippen molar-refractivity contribution in [2.75, 3.05) is 33.2 Å². The second-order valence-electron chi connectivity index (χ2n) is 9.22. The molecule has 8 nitrogen and oxygen atoms in total. The number of piperazine rings is 1. The largest absolute Gasteiger partial charge is 0.484 e. The van der Waals surface area contributed by atoms with Crippen LogP contribution in [0.25, 0.3) is 11.4 Å². The van der Waals surface area contributed by atoms with Gasteiger partial charge in [-0.05, 0) is 62.6 Å². The lowest BCUT2D eigenvalue weighted by atomic mass is 10.0. The van der Waals surface area contributed by atoms with Crippen LogP contribution in [0.2, 0.25) is 0 Å². The average molecular weight is 481 g/mol. The third kappa shape index (κ3) is 5.68. The summed E-state index contributed by atoms with van der Waals surface area (Å²) in [6.45, 7) is 10.8. The van der Waals surface area contributed by atoms with Gasteiger partial charge in [0.2, 0.25) is 0 Å². The van der Waals surface area contributed by atoms with Crippen LogP contribution in [0.5, 0.6) is 5.75 Å². The van der Waals surface area contributed by atoms with E-state index < -0.39 is 6.10 Å². The monoisotopic (exact) mass is 480 g/mol. The highest BCUT2D eigenvalue weighted by Gasteiger charge is 2.25. The van der Waals surface area contributed by atoms with Crippen molar-refractivity contribution in [1.82, 2.24) is 30.7 Å². The average Bonchev–Trinajstić information content (AvgIpc) is 3.26. The lowest BCUT2D eigenvalue weighted by molar-refractivity contribution is 0.0938. The van der Waals surface area contributed by atoms with Gasteiger partial charge in [0.05, 0.1) is 5.56 Å². The topological polar surface area (TPSA) is 95.2 Å². The molecular weight excluding hydrogens is 447 g/mol. The van der Waals surface area contributed by atoms with Crippen LogP contribution in [0.3, 0.4) is 0 Å². The highest BCUT2D eigenvalue weighted by atomic mass is 19.1. The third-order valence-corrected chi connectivity index (χ3v) is 6.35. The first kappa shape index (κ1) is 24.8. The predicted octanol–water partition coefficient (Wildman–Crippen LogP) is 3.31. The Labute approximate surface area is 205 Å². The Hall–Kier alpha value is -3.30. The fourth-order valence-electron chi connectivity index (χ4n) is 4.38. The van der Waals surface area contributed by atoms with Crippen molar-refractivity contribution in [3.63, 3.8) is 0 Å². The summed E-state index contributed by atoms with van der Waals surface area (Å²) < 4.78 is 21.1. The van der Waals surface area contributed by atoms with Gasteiger partial charge in [-0.1, -0.05) is 12.1 Å². The number of benzene rings is 2. The lowest BCUT2D eigenvalue weighted by Crippen LogP contribution is -2.50. The number of amides is 1. The maximum Gasteiger partial charge on any atom is 0.254 e. The molecule has 3 aromatic rings. The van der Waals surface area contributed by atoms with Gasteiger partial charge in [-0.3, -0.25) is 14.8 Å². The van der Waals surface area contributed by atoms with Crippen LogP contribution in [-0.4, -0.2) is 65.3 Å². The van der Waals surface area contributed by atoms with Crippen LogP contribution >= 0.6 is 0 Å². The second-order valence-corrected chi connectivity index (χ2v) is 9.22. The van der Waals surface area contributed by atoms with Gasteiger partial charge in [0.1, 0.15) is 23.5 Å². The number of hydrogen-bond acceptors (Lipinski definition) is 6. The molecule has 2 heterocycles. The van der Waals surface area contributed by atoms with E-state index in [9.17, 15) is 9.18 Å². The van der Waals surface area contributed by atoms with Gasteiger partial charge in [-0.2, -0.15) is 5.10 Å². The summed E-state index contributed by atoms with van der Waals surface area (Å²) in [4.78, 5) is 19.6. The molecule has 0 aliphatic carbocycles. The van der Waals surface area contributed by atoms with Crippen molar-refractivity contribution >= 4 is 5.91 Å². The maximum atomic E-state index is 14.5. The number of hydrogen-bond donors (Lipinski definition) is 3. The highest BCUT2D eigenvalue weighted by Crippen LogP contribution is 2.33. The summed E-state index contributed by atoms with van der Waals surface area (Å²) in [6, 6.07) is 9.14. The minimum atomic E-state index is -0.463. The fraction of sp³-hybridized carbons (Fsp3) is 0.423. The molecule has 2 atom stereocenters. The van der Waals surface area contributed by atoms with Crippen molar-refractivity contribution in [2.24, 2.45) is 0 Å². The zero-order valence-corrected chi connectivity index (χ0v) is 20.9. The number of aromatic nitrogens is 3. The van der Waals surface area contributed by atoms with E-state index >= 15 is 0 Å². The molecule has 4 rings (SSSR count). The normalized spacial score (nSPS) is 17.3. The van der Waals surface area contributed by atoms with Crippen LogP contribution < -0.4 is 15.4 Å². The molecule has 186 valence electrons. The Bertz CT molecular complexity index is 1210. The van der Waals surface area contributed by atoms with Crippen molar-refractivity contribution < 1.29 is 13.9 Å². The van der Waals surface area contributed by atoms with Crippen LogP contribution in [0.4, 0.5) is 4.39 Å². The third-order valence-electron chi connectivity index (χ3n) is 6.35. The molecule has 9 heteroatoms. The molecule has 2 aromatic carbocycles. The molecule has 1 aliphatic rings. The van der Waals surface area contributed by atoms with Crippen LogP contribution in [-0.2, 0) is 0 Å². The second kappa shape index (κ2) is 10.5. The predicted molar refractivity (Wildman–Crippen MR) is 133 cm³/mol. The summed E-state index contributed by atoms with van der Waals surface area (Å²) in [5, 5.41) is 13.2. The summed E-state index contributed by atoms with van der Waals surface area (Å²) in [5.41, 5.74) is 3.30. The van der Waals surface area contributed by atoms with Crippen molar-refractivity contribution in [1.29, 1.82) is 0 Å². The number of carbonyl (C=O) groups is 1. The van der Waals surface area contributed by atoms with E-state index in [1.807, 2.05) is 26.0 Å². The number of nitrogens with one attached hydrogen (secondary N) is 3. The number of halogens is 1. The SMILES string of the molecule is CNC(=O)c1cc(-c2n[nH]c(C)n2)c(C)cc1O[C@H](CN1CCN[C@H](C)C1)c1ccc(C)c(F)c1. The Morgan fingerprint density at radius 1 is 1.26 bits per heavy atom. The van der Waals surface area contributed by atoms with Crippen molar-refractivity contribution in [2.45, 2.75) is 39.8 Å². The molecule has 0 unspecified atom stereocenters. The van der Waals surface area contributed by atoms with Crippen molar-refractivity contribution in [3.05, 3.63) is 64.2 Å². The molecule has 1 amide bonds. The maximum absolute atomic E-state index is 14.5. The minimum Gasteiger partial charge on any atom is -0.484 e. The van der Waals surface area contributed by atoms with Gasteiger partial charge in [0.25, 0.3) is 5.91 Å². The van der Waals surface area contributed by atoms with Gasteiger partial charge in [0, 0.05) is 44.8 Å². The van der Waals surface area contributed by atoms with E-state index in [2.05, 4.69) is 37.6 Å². The standard InChI is InChI=1S/C26H33FN6O2/c1-15-6-7-19(11-22(15)27)24(14-33-9-8-29-17(3)13-33)35-23-10-16(2)20(12-21(23)26(34)28-5)25-30-18(4)31-32-25/h6-7,10-12,17,24,29H,8-9,13-14H2,1-5H3,(H,28,34)(H,30,31,32)/t17-,24-/m1/s1. The number of nitrogens with zero attached hydrogens (tertiary/aromatic N) is 3. The van der Waals surface area contributed by atoms with Crippen LogP contribution in [0.15, 0.2) is 30.3 Å². The van der Waals surface area contributed by atoms with Gasteiger partial charge >= 0.3 is 0 Å². The van der Waals surface area contributed by atoms with Crippen molar-refractivity contribution in [3.8, 4) is 17.1 Å². The molecule has 0 saturated carbocycles. The smallest absolute Gasteiger partial charge is 0.254 e. The minimum absolute atomic E-state index is 0.275. The Balaban J connectivity index is 1.73. The fourth-order valence-corrected chi connectivity index (χ4v) is 4.38. The first-order valence-electron chi connectivity index (χ1n) is 11.9. The first-order chi connectivity index (χ1) is 16.7. The number of aryl methyl sites for hydroxylation is 3. The summed E-state index contributed by atoms with van der Waals surface area (Å²) >= 11 is 0. The summed E-state index contributed by atoms with van der Waals surface area (Å²) in [7, 11) is 1.58. The molecule has 0 bridgehead atoms. The van der Waals surface area contributed by atoms with E-state index in [1.165, 1.54) is 6.07 Å². The van der Waals surface area contributed by atoms with E-state index in [1.54, 1.807) is 26.1 Å². The molecule has 1 aromatic heterocycles. The van der Waals surface area contributed by atoms with E-state index in [4.69, 9.17) is 4.74 Å². The summed E-state index contributed by atoms with van der Waals surface area (Å²) in [6.07, 6.45) is -0.463. The molecule has 0 spiro atoms. The molecular formula is C26H33FN6O2. The van der Waals surface area contributed by atoms with Crippen LogP contribution in [0.1, 0.15) is 45.9 Å². The molecule has 1 fully saturated rings. The van der Waals surface area contributed by atoms with E-state index in [-0.39, 0.29) is 11.7 Å². The lowest BCUT2D eigenvalue weighted by Gasteiger charge is -2.34. The Morgan fingerprint density at radius 2 is 2.06 bits per heavy atom. The highest BCUT2D eigenvalue weighted by molar-refractivity contribution is 5.98. The zero-order valence-electron chi connectivity index (χ0n) is 20.9. The van der Waals surface area contributed by atoms with Gasteiger partial charge in [-0.15, -0.1) is 0 Å². The van der Waals surface area contributed by atoms with Crippen LogP contribution in [0, 0.1) is 26.6 Å². The number of ether oxygens (including phenoxy) is 1. The zero-order chi connectivity index (χ0) is 25.1. The molecule has 1 saturated heterocycles. The van der Waals surface area contributed by atoms with E-state index in [0.717, 1.165) is 36.3 Å². The number of H-pyrrole nitrogens is 1. The van der Waals surface area contributed by atoms with E-state index in [0.29, 0.717) is 41.1 Å². The molecule has 1 aliphatic heterocycles. The van der Waals surface area contributed by atoms with Gasteiger partial charge < -0.3 is 15.4 Å². The molecule has 35 heavy (non-hydrogen) atoms. The quantitative estimate of drug-likeness (QED) is 0.480. The Morgan fingerprint density at radius 3 is 2.71 bits per heavy atom. The number of carbonyl (C=O) groups excluding carboxylic acids is 1. The number of aromatic amines is 1. The van der Waals surface area contributed by atoms with Gasteiger partial charge in [0.15, 0.2) is 5.82 Å². The molecule has 3 N–H and O–H groups in total. The Kier molecular flexibility index (Phi) is 7.47. The van der Waals surface area contributed by atoms with Gasteiger partial charge in [-0.25, -0.2) is 9.37 Å². The molecule has 0 radical (unpaired) electrons. The summed E-state index contributed by atoms with van der Waals surface area (Å²) in [5.74, 6) is 1.09. The number of rotatable bonds is 7. The first-order valence-corrected chi connectivity index (χ1v) is 11.9.